The first kappa shape index (κ1) is 8.99. The van der Waals surface area contributed by atoms with E-state index in [1.165, 1.54) is 10.8 Å². The molecule has 1 heterocycles. The number of aromatic nitrogens is 2. The minimum atomic E-state index is -3.21. The van der Waals surface area contributed by atoms with Gasteiger partial charge in [0.1, 0.15) is 0 Å². The predicted octanol–water partition coefficient (Wildman–Crippen LogP) is 0.473. The molecule has 1 aromatic rings. The summed E-state index contributed by atoms with van der Waals surface area (Å²) in [5.74, 6) is 0. The fraction of sp³-hybridized carbons (Fsp3) is 0.286. The Morgan fingerprint density at radius 3 is 2.92 bits per heavy atom. The van der Waals surface area contributed by atoms with Gasteiger partial charge in [-0.15, -0.1) is 6.58 Å². The molecule has 1 rings (SSSR count). The van der Waals surface area contributed by atoms with Crippen molar-refractivity contribution in [3.63, 3.8) is 0 Å². The van der Waals surface area contributed by atoms with E-state index >= 15 is 0 Å². The van der Waals surface area contributed by atoms with E-state index in [1.807, 2.05) is 0 Å². The van der Waals surface area contributed by atoms with Gasteiger partial charge in [-0.1, -0.05) is 6.08 Å². The quantitative estimate of drug-likeness (QED) is 0.645. The zero-order valence-corrected chi connectivity index (χ0v) is 7.58. The van der Waals surface area contributed by atoms with Gasteiger partial charge in [0.2, 0.25) is 15.0 Å². The number of rotatable bonds is 3. The first-order valence-electron chi connectivity index (χ1n) is 3.38. The summed E-state index contributed by atoms with van der Waals surface area (Å²) in [5, 5.41) is 0.0856. The maximum Gasteiger partial charge on any atom is 0.227 e. The molecule has 0 aromatic carbocycles. The van der Waals surface area contributed by atoms with E-state index in [0.29, 0.717) is 6.54 Å². The maximum atomic E-state index is 11.1. The van der Waals surface area contributed by atoms with Crippen molar-refractivity contribution in [3.05, 3.63) is 25.0 Å². The summed E-state index contributed by atoms with van der Waals surface area (Å²) in [5.41, 5.74) is 0. The lowest BCUT2D eigenvalue weighted by Gasteiger charge is -2.00. The van der Waals surface area contributed by atoms with Crippen LogP contribution in [0.15, 0.2) is 30.2 Å². The van der Waals surface area contributed by atoms with E-state index in [4.69, 9.17) is 0 Å². The number of allylic oxidation sites excluding steroid dienone is 1. The Balaban J connectivity index is 3.16. The lowest BCUT2D eigenvalue weighted by atomic mass is 10.6. The minimum absolute atomic E-state index is 0.0856. The molecule has 1 aromatic heterocycles. The van der Waals surface area contributed by atoms with E-state index in [9.17, 15) is 8.42 Å². The summed E-state index contributed by atoms with van der Waals surface area (Å²) in [6.07, 6.45) is 5.82. The highest BCUT2D eigenvalue weighted by Gasteiger charge is 2.12. The van der Waals surface area contributed by atoms with Crippen molar-refractivity contribution >= 4 is 9.84 Å². The van der Waals surface area contributed by atoms with E-state index < -0.39 is 9.84 Å². The smallest absolute Gasteiger partial charge is 0.227 e. The Bertz CT molecular complexity index is 378. The summed E-state index contributed by atoms with van der Waals surface area (Å²) >= 11 is 0. The van der Waals surface area contributed by atoms with Gasteiger partial charge in [-0.05, 0) is 0 Å². The molecule has 0 radical (unpaired) electrons. The Morgan fingerprint density at radius 2 is 2.42 bits per heavy atom. The van der Waals surface area contributed by atoms with Gasteiger partial charge in [-0.3, -0.25) is 0 Å². The third-order valence-corrected chi connectivity index (χ3v) is 2.34. The highest BCUT2D eigenvalue weighted by molar-refractivity contribution is 7.90. The molecule has 0 fully saturated rings. The molecule has 0 aliphatic carbocycles. The highest BCUT2D eigenvalue weighted by atomic mass is 32.2. The second kappa shape index (κ2) is 3.10. The second-order valence-electron chi connectivity index (χ2n) is 2.42. The van der Waals surface area contributed by atoms with Crippen LogP contribution >= 0.6 is 0 Å². The van der Waals surface area contributed by atoms with Crippen molar-refractivity contribution in [1.29, 1.82) is 0 Å². The van der Waals surface area contributed by atoms with Crippen molar-refractivity contribution in [3.8, 4) is 0 Å². The van der Waals surface area contributed by atoms with Crippen LogP contribution in [-0.2, 0) is 16.4 Å². The number of imidazole rings is 1. The lowest BCUT2D eigenvalue weighted by molar-refractivity contribution is 0.580. The first-order chi connectivity index (χ1) is 5.55. The van der Waals surface area contributed by atoms with Gasteiger partial charge in [-0.2, -0.15) is 0 Å². The van der Waals surface area contributed by atoms with E-state index in [2.05, 4.69) is 11.6 Å². The van der Waals surface area contributed by atoms with Crippen LogP contribution in [0.25, 0.3) is 0 Å². The summed E-state index contributed by atoms with van der Waals surface area (Å²) < 4.78 is 23.7. The molecule has 0 spiro atoms. The van der Waals surface area contributed by atoms with Crippen molar-refractivity contribution in [2.24, 2.45) is 0 Å². The second-order valence-corrected chi connectivity index (χ2v) is 4.33. The van der Waals surface area contributed by atoms with Crippen LogP contribution < -0.4 is 0 Å². The van der Waals surface area contributed by atoms with Crippen LogP contribution in [0.1, 0.15) is 0 Å². The minimum Gasteiger partial charge on any atom is -0.318 e. The van der Waals surface area contributed by atoms with Crippen LogP contribution in [-0.4, -0.2) is 24.2 Å². The zero-order chi connectivity index (χ0) is 9.19. The molecule has 0 unspecified atom stereocenters. The van der Waals surface area contributed by atoms with E-state index in [1.54, 1.807) is 12.3 Å². The van der Waals surface area contributed by atoms with E-state index in [-0.39, 0.29) is 5.16 Å². The topological polar surface area (TPSA) is 52.0 Å². The fourth-order valence-electron chi connectivity index (χ4n) is 0.902. The molecule has 0 amide bonds. The first-order valence-corrected chi connectivity index (χ1v) is 5.27. The third kappa shape index (κ3) is 1.73. The Morgan fingerprint density at radius 1 is 1.75 bits per heavy atom. The average Bonchev–Trinajstić information content (AvgIpc) is 2.34. The molecule has 0 atom stereocenters. The van der Waals surface area contributed by atoms with Crippen LogP contribution in [0.3, 0.4) is 0 Å². The SMILES string of the molecule is C=CCn1ccnc1S(C)(=O)=O. The molecule has 0 aliphatic heterocycles. The van der Waals surface area contributed by atoms with Crippen LogP contribution in [0.2, 0.25) is 0 Å². The lowest BCUT2D eigenvalue weighted by Crippen LogP contribution is -2.07. The number of hydrogen-bond acceptors (Lipinski definition) is 3. The van der Waals surface area contributed by atoms with Crippen LogP contribution in [0.5, 0.6) is 0 Å². The van der Waals surface area contributed by atoms with Crippen LogP contribution in [0, 0.1) is 0 Å². The van der Waals surface area contributed by atoms with Crippen molar-refractivity contribution in [2.75, 3.05) is 6.26 Å². The van der Waals surface area contributed by atoms with Gasteiger partial charge in [0.15, 0.2) is 0 Å². The monoisotopic (exact) mass is 186 g/mol. The van der Waals surface area contributed by atoms with Gasteiger partial charge in [0.05, 0.1) is 0 Å². The molecule has 5 heteroatoms. The number of sulfone groups is 1. The molecule has 66 valence electrons. The normalized spacial score (nSPS) is 11.4. The average molecular weight is 186 g/mol. The summed E-state index contributed by atoms with van der Waals surface area (Å²) in [4.78, 5) is 3.73. The highest BCUT2D eigenvalue weighted by Crippen LogP contribution is 2.05. The van der Waals surface area contributed by atoms with Crippen molar-refractivity contribution in [1.82, 2.24) is 9.55 Å². The predicted molar refractivity (Wildman–Crippen MR) is 45.5 cm³/mol. The molecule has 4 nitrogen and oxygen atoms in total. The molecule has 0 bridgehead atoms. The van der Waals surface area contributed by atoms with Crippen LogP contribution in [0.4, 0.5) is 0 Å². The maximum absolute atomic E-state index is 11.1. The molecular formula is C7H10N2O2S. The summed E-state index contributed by atoms with van der Waals surface area (Å²) in [6, 6.07) is 0. The van der Waals surface area contributed by atoms with E-state index in [0.717, 1.165) is 6.26 Å². The summed E-state index contributed by atoms with van der Waals surface area (Å²) in [6.45, 7) is 3.98. The Labute approximate surface area is 71.5 Å². The van der Waals surface area contributed by atoms with Gasteiger partial charge in [0.25, 0.3) is 0 Å². The van der Waals surface area contributed by atoms with Gasteiger partial charge in [0, 0.05) is 25.2 Å². The summed E-state index contributed by atoms with van der Waals surface area (Å²) in [7, 11) is -3.21. The fourth-order valence-corrected chi connectivity index (χ4v) is 1.72. The largest absolute Gasteiger partial charge is 0.318 e. The Hall–Kier alpha value is -1.10. The number of nitrogens with zero attached hydrogens (tertiary/aromatic N) is 2. The Kier molecular flexibility index (Phi) is 2.32. The van der Waals surface area contributed by atoms with Crippen molar-refractivity contribution in [2.45, 2.75) is 11.7 Å². The van der Waals surface area contributed by atoms with Crippen molar-refractivity contribution < 1.29 is 8.42 Å². The molecule has 0 N–H and O–H groups in total. The molecule has 0 saturated carbocycles. The zero-order valence-electron chi connectivity index (χ0n) is 6.77. The number of hydrogen-bond donors (Lipinski definition) is 0. The molecule has 0 aliphatic rings. The third-order valence-electron chi connectivity index (χ3n) is 1.33. The van der Waals surface area contributed by atoms with Gasteiger partial charge in [-0.25, -0.2) is 13.4 Å². The van der Waals surface area contributed by atoms with Gasteiger partial charge >= 0.3 is 0 Å². The molecule has 0 saturated heterocycles. The van der Waals surface area contributed by atoms with Gasteiger partial charge < -0.3 is 4.57 Å². The molecular weight excluding hydrogens is 176 g/mol. The standard InChI is InChI=1S/C7H10N2O2S/c1-3-5-9-6-4-8-7(9)12(2,10)11/h3-4,6H,1,5H2,2H3. The molecule has 12 heavy (non-hydrogen) atoms.